The second kappa shape index (κ2) is 11.3. The van der Waals surface area contributed by atoms with Gasteiger partial charge < -0.3 is 19.4 Å². The van der Waals surface area contributed by atoms with Gasteiger partial charge in [-0.05, 0) is 96.4 Å². The molecule has 2 aromatic rings. The fraction of sp³-hybridized carbons (Fsp3) is 0.688. The lowest BCUT2D eigenvalue weighted by Gasteiger charge is -2.49. The van der Waals surface area contributed by atoms with Crippen molar-refractivity contribution >= 4 is 34.6 Å². The van der Waals surface area contributed by atoms with Gasteiger partial charge in [-0.3, -0.25) is 24.0 Å². The van der Waals surface area contributed by atoms with Gasteiger partial charge in [0, 0.05) is 45.7 Å². The first-order chi connectivity index (χ1) is 20.4. The molecule has 4 fully saturated rings. The topological polar surface area (TPSA) is 109 Å². The van der Waals surface area contributed by atoms with E-state index in [0.717, 1.165) is 81.7 Å². The first kappa shape index (κ1) is 29.7. The van der Waals surface area contributed by atoms with Gasteiger partial charge in [0.15, 0.2) is 0 Å². The molecular weight excluding hydrogens is 548 g/mol. The van der Waals surface area contributed by atoms with Crippen molar-refractivity contribution in [1.29, 1.82) is 0 Å². The van der Waals surface area contributed by atoms with Gasteiger partial charge in [0.2, 0.25) is 11.8 Å². The lowest BCUT2D eigenvalue weighted by atomic mass is 9.71. The van der Waals surface area contributed by atoms with Crippen molar-refractivity contribution < 1.29 is 19.1 Å². The molecule has 1 aromatic heterocycles. The van der Waals surface area contributed by atoms with Crippen LogP contribution in [0.4, 0.5) is 10.5 Å². The van der Waals surface area contributed by atoms with Gasteiger partial charge in [0.25, 0.3) is 0 Å². The fourth-order valence-corrected chi connectivity index (χ4v) is 7.73. The Labute approximate surface area is 253 Å². The third kappa shape index (κ3) is 5.80. The van der Waals surface area contributed by atoms with Gasteiger partial charge in [0.1, 0.15) is 11.6 Å². The lowest BCUT2D eigenvalue weighted by molar-refractivity contribution is -0.135. The molecule has 1 atom stereocenters. The molecule has 0 aliphatic carbocycles. The van der Waals surface area contributed by atoms with Gasteiger partial charge in [-0.25, -0.2) is 9.59 Å². The van der Waals surface area contributed by atoms with Gasteiger partial charge in [-0.15, -0.1) is 0 Å². The molecule has 0 saturated carbocycles. The highest BCUT2D eigenvalue weighted by atomic mass is 16.6. The summed E-state index contributed by atoms with van der Waals surface area (Å²) in [5.41, 5.74) is 2.28. The predicted molar refractivity (Wildman–Crippen MR) is 164 cm³/mol. The molecule has 4 saturated heterocycles. The normalized spacial score (nSPS) is 24.0. The number of para-hydroxylation sites is 1. The van der Waals surface area contributed by atoms with E-state index in [-0.39, 0.29) is 24.1 Å². The minimum Gasteiger partial charge on any atom is -0.444 e. The van der Waals surface area contributed by atoms with Crippen molar-refractivity contribution in [1.82, 2.24) is 24.3 Å². The number of nitrogens with one attached hydrogen (secondary N) is 1. The van der Waals surface area contributed by atoms with Gasteiger partial charge in [-0.1, -0.05) is 6.07 Å². The molecule has 4 aliphatic rings. The number of nitrogens with zero attached hydrogens (tertiary/aromatic N) is 5. The number of likely N-dealkylation sites (tertiary alicyclic amines) is 2. The molecule has 11 heteroatoms. The number of aryl methyl sites for hydroxylation is 1. The van der Waals surface area contributed by atoms with E-state index in [1.54, 1.807) is 16.2 Å². The molecular formula is C32H46N6O5. The molecule has 4 aliphatic heterocycles. The van der Waals surface area contributed by atoms with Crippen LogP contribution in [-0.2, 0) is 21.4 Å². The Balaban J connectivity index is 1.07. The van der Waals surface area contributed by atoms with E-state index in [2.05, 4.69) is 21.2 Å². The number of carbonyl (C=O) groups is 3. The predicted octanol–water partition coefficient (Wildman–Crippen LogP) is 3.40. The number of anilines is 1. The van der Waals surface area contributed by atoms with Crippen molar-refractivity contribution in [3.05, 3.63) is 28.7 Å². The van der Waals surface area contributed by atoms with Crippen molar-refractivity contribution in [2.24, 2.45) is 12.5 Å². The highest BCUT2D eigenvalue weighted by Crippen LogP contribution is 2.44. The van der Waals surface area contributed by atoms with E-state index >= 15 is 0 Å². The molecule has 0 radical (unpaired) electrons. The summed E-state index contributed by atoms with van der Waals surface area (Å²) < 4.78 is 8.80. The highest BCUT2D eigenvalue weighted by molar-refractivity contribution is 6.00. The molecule has 1 unspecified atom stereocenters. The number of aromatic nitrogens is 2. The second-order valence-corrected chi connectivity index (χ2v) is 14.0. The molecule has 3 amide bonds. The summed E-state index contributed by atoms with van der Waals surface area (Å²) in [4.78, 5) is 57.1. The quantitative estimate of drug-likeness (QED) is 0.543. The molecule has 43 heavy (non-hydrogen) atoms. The number of imidazole rings is 1. The maximum Gasteiger partial charge on any atom is 0.410 e. The average Bonchev–Trinajstić information content (AvgIpc) is 3.23. The van der Waals surface area contributed by atoms with E-state index in [4.69, 9.17) is 4.74 Å². The van der Waals surface area contributed by atoms with Crippen LogP contribution >= 0.6 is 0 Å². The number of hydrogen-bond donors (Lipinski definition) is 1. The molecule has 6 rings (SSSR count). The summed E-state index contributed by atoms with van der Waals surface area (Å²) in [6.07, 6.45) is 7.01. The maximum atomic E-state index is 13.4. The van der Waals surface area contributed by atoms with E-state index in [9.17, 15) is 19.2 Å². The first-order valence-electron chi connectivity index (χ1n) is 16.0. The number of imide groups is 1. The number of rotatable bonds is 3. The molecule has 234 valence electrons. The zero-order valence-corrected chi connectivity index (χ0v) is 26.1. The molecule has 1 N–H and O–H groups in total. The smallest absolute Gasteiger partial charge is 0.410 e. The van der Waals surface area contributed by atoms with E-state index in [1.807, 2.05) is 37.8 Å². The maximum absolute atomic E-state index is 13.4. The highest BCUT2D eigenvalue weighted by Gasteiger charge is 2.40. The summed E-state index contributed by atoms with van der Waals surface area (Å²) in [7, 11) is 1.77. The third-order valence-electron chi connectivity index (χ3n) is 10.3. The number of fused-ring (bicyclic) bond motifs is 1. The van der Waals surface area contributed by atoms with Crippen LogP contribution in [-0.4, -0.2) is 87.8 Å². The zero-order valence-electron chi connectivity index (χ0n) is 26.1. The van der Waals surface area contributed by atoms with Gasteiger partial charge in [-0.2, -0.15) is 0 Å². The number of benzene rings is 1. The van der Waals surface area contributed by atoms with Crippen LogP contribution in [0.3, 0.4) is 0 Å². The minimum atomic E-state index is -0.677. The summed E-state index contributed by atoms with van der Waals surface area (Å²) in [5, 5.41) is 2.40. The average molecular weight is 595 g/mol. The van der Waals surface area contributed by atoms with Crippen LogP contribution in [0.5, 0.6) is 0 Å². The number of piperidine rings is 4. The van der Waals surface area contributed by atoms with Crippen LogP contribution in [0.1, 0.15) is 78.2 Å². The van der Waals surface area contributed by atoms with Crippen molar-refractivity contribution in [3.8, 4) is 0 Å². The Morgan fingerprint density at radius 2 is 1.58 bits per heavy atom. The van der Waals surface area contributed by atoms with Crippen molar-refractivity contribution in [2.75, 3.05) is 44.2 Å². The summed E-state index contributed by atoms with van der Waals surface area (Å²) >= 11 is 0. The van der Waals surface area contributed by atoms with Crippen LogP contribution < -0.4 is 15.9 Å². The Hall–Kier alpha value is -3.34. The summed E-state index contributed by atoms with van der Waals surface area (Å²) in [5.74, 6) is -0.692. The zero-order chi connectivity index (χ0) is 30.5. The van der Waals surface area contributed by atoms with Crippen LogP contribution in [0, 0.1) is 5.41 Å². The monoisotopic (exact) mass is 594 g/mol. The van der Waals surface area contributed by atoms with Crippen molar-refractivity contribution in [3.63, 3.8) is 0 Å². The minimum absolute atomic E-state index is 0.196. The standard InChI is InChI=1S/C32H46N6O5/c1-31(2,3)43-30(42)37-16-10-22(11-17-37)35-18-12-32(13-19-35)14-20-36(21-15-32)23-6-5-7-24-27(23)34(4)29(41)38(24)25-8-9-26(39)33-28(25)40/h5-7,22,25H,8-21H2,1-4H3,(H,33,39,40). The van der Waals surface area contributed by atoms with Crippen LogP contribution in [0.25, 0.3) is 11.0 Å². The Morgan fingerprint density at radius 1 is 0.930 bits per heavy atom. The number of amides is 3. The largest absolute Gasteiger partial charge is 0.444 e. The summed E-state index contributed by atoms with van der Waals surface area (Å²) in [6.45, 7) is 11.3. The molecule has 0 bridgehead atoms. The van der Waals surface area contributed by atoms with E-state index in [1.165, 1.54) is 12.8 Å². The van der Waals surface area contributed by atoms with Gasteiger partial charge >= 0.3 is 11.8 Å². The van der Waals surface area contributed by atoms with Gasteiger partial charge in [0.05, 0.1) is 16.7 Å². The van der Waals surface area contributed by atoms with Crippen molar-refractivity contribution in [2.45, 2.75) is 89.8 Å². The number of carbonyl (C=O) groups excluding carboxylic acids is 3. The molecule has 1 spiro atoms. The lowest BCUT2D eigenvalue weighted by Crippen LogP contribution is -2.52. The van der Waals surface area contributed by atoms with E-state index < -0.39 is 17.6 Å². The Kier molecular flexibility index (Phi) is 7.81. The second-order valence-electron chi connectivity index (χ2n) is 14.0. The fourth-order valence-electron chi connectivity index (χ4n) is 7.73. The molecule has 11 nitrogen and oxygen atoms in total. The Bertz CT molecular complexity index is 1440. The first-order valence-corrected chi connectivity index (χ1v) is 16.0. The number of ether oxygens (including phenoxy) is 1. The molecule has 1 aromatic carbocycles. The van der Waals surface area contributed by atoms with E-state index in [0.29, 0.717) is 17.9 Å². The van der Waals surface area contributed by atoms with Crippen LogP contribution in [0.2, 0.25) is 0 Å². The third-order valence-corrected chi connectivity index (χ3v) is 10.3. The number of hydrogen-bond acceptors (Lipinski definition) is 7. The Morgan fingerprint density at radius 3 is 2.21 bits per heavy atom. The SMILES string of the molecule is Cn1c(=O)n(C2CCC(=O)NC2=O)c2cccc(N3CCC4(CC3)CCN(C3CCN(C(=O)OC(C)(C)C)CC3)CC4)c21. The molecule has 5 heterocycles. The van der Waals surface area contributed by atoms with Crippen LogP contribution in [0.15, 0.2) is 23.0 Å². The summed E-state index contributed by atoms with van der Waals surface area (Å²) in [6, 6.07) is 5.81.